The molecule has 0 radical (unpaired) electrons. The molecule has 0 amide bonds. The lowest BCUT2D eigenvalue weighted by atomic mass is 10.2. The van der Waals surface area contributed by atoms with Crippen LogP contribution in [-0.2, 0) is 9.84 Å². The van der Waals surface area contributed by atoms with E-state index in [1.165, 1.54) is 18.2 Å². The summed E-state index contributed by atoms with van der Waals surface area (Å²) in [5, 5.41) is 0. The standard InChI is InChI=1S/C10H11FO2S/c1-14(12,13)10-6-4-9(5-7-10)3-2-8-11/h2-7H,8H2,1H3. The molecule has 0 heterocycles. The summed E-state index contributed by atoms with van der Waals surface area (Å²) in [6, 6.07) is 6.30. The first kappa shape index (κ1) is 10.9. The quantitative estimate of drug-likeness (QED) is 0.772. The van der Waals surface area contributed by atoms with Crippen molar-refractivity contribution in [3.63, 3.8) is 0 Å². The maximum Gasteiger partial charge on any atom is 0.175 e. The molecule has 76 valence electrons. The fourth-order valence-corrected chi connectivity index (χ4v) is 1.64. The van der Waals surface area contributed by atoms with Gasteiger partial charge in [-0.2, -0.15) is 0 Å². The molecule has 0 fully saturated rings. The van der Waals surface area contributed by atoms with Gasteiger partial charge >= 0.3 is 0 Å². The van der Waals surface area contributed by atoms with E-state index in [0.717, 1.165) is 11.8 Å². The summed E-state index contributed by atoms with van der Waals surface area (Å²) in [5.74, 6) is 0. The molecule has 2 nitrogen and oxygen atoms in total. The van der Waals surface area contributed by atoms with E-state index in [0.29, 0.717) is 0 Å². The molecule has 0 N–H and O–H groups in total. The zero-order valence-corrected chi connectivity index (χ0v) is 8.59. The van der Waals surface area contributed by atoms with Crippen molar-refractivity contribution in [1.29, 1.82) is 0 Å². The number of rotatable bonds is 3. The summed E-state index contributed by atoms with van der Waals surface area (Å²) in [6.07, 6.45) is 4.13. The van der Waals surface area contributed by atoms with Crippen LogP contribution < -0.4 is 0 Å². The van der Waals surface area contributed by atoms with Gasteiger partial charge in [0, 0.05) is 6.26 Å². The Kier molecular flexibility index (Phi) is 3.41. The highest BCUT2D eigenvalue weighted by atomic mass is 32.2. The van der Waals surface area contributed by atoms with Gasteiger partial charge in [0.1, 0.15) is 6.67 Å². The molecule has 0 unspecified atom stereocenters. The summed E-state index contributed by atoms with van der Waals surface area (Å²) >= 11 is 0. The van der Waals surface area contributed by atoms with Gasteiger partial charge in [-0.15, -0.1) is 0 Å². The number of alkyl halides is 1. The van der Waals surface area contributed by atoms with Crippen LogP contribution in [0.15, 0.2) is 35.2 Å². The highest BCUT2D eigenvalue weighted by Crippen LogP contribution is 2.11. The average Bonchev–Trinajstić information content (AvgIpc) is 2.14. The zero-order valence-electron chi connectivity index (χ0n) is 7.77. The minimum absolute atomic E-state index is 0.273. The molecule has 1 aromatic rings. The molecule has 0 spiro atoms. The number of allylic oxidation sites excluding steroid dienone is 1. The average molecular weight is 214 g/mol. The van der Waals surface area contributed by atoms with E-state index in [2.05, 4.69) is 0 Å². The predicted octanol–water partition coefficient (Wildman–Crippen LogP) is 2.07. The van der Waals surface area contributed by atoms with Crippen molar-refractivity contribution in [2.45, 2.75) is 4.90 Å². The third-order valence-corrected chi connectivity index (χ3v) is 2.84. The summed E-state index contributed by atoms with van der Waals surface area (Å²) in [4.78, 5) is 0.273. The van der Waals surface area contributed by atoms with E-state index in [4.69, 9.17) is 0 Å². The Morgan fingerprint density at radius 1 is 1.29 bits per heavy atom. The van der Waals surface area contributed by atoms with Gasteiger partial charge in [0.2, 0.25) is 0 Å². The molecule has 14 heavy (non-hydrogen) atoms. The van der Waals surface area contributed by atoms with Gasteiger partial charge < -0.3 is 0 Å². The van der Waals surface area contributed by atoms with Gasteiger partial charge in [-0.1, -0.05) is 24.3 Å². The lowest BCUT2D eigenvalue weighted by Gasteiger charge is -1.98. The zero-order chi connectivity index (χ0) is 10.6. The first-order chi connectivity index (χ1) is 6.54. The van der Waals surface area contributed by atoms with Crippen LogP contribution in [0.5, 0.6) is 0 Å². The molecule has 0 bridgehead atoms. The Labute approximate surface area is 83.0 Å². The van der Waals surface area contributed by atoms with Crippen LogP contribution in [0.3, 0.4) is 0 Å². The maximum atomic E-state index is 11.8. The van der Waals surface area contributed by atoms with Crippen LogP contribution in [0.4, 0.5) is 4.39 Å². The third-order valence-electron chi connectivity index (χ3n) is 1.71. The second kappa shape index (κ2) is 4.37. The molecule has 0 saturated carbocycles. The molecule has 0 saturated heterocycles. The minimum Gasteiger partial charge on any atom is -0.247 e. The fourth-order valence-electron chi connectivity index (χ4n) is 1.01. The third kappa shape index (κ3) is 2.96. The smallest absolute Gasteiger partial charge is 0.175 e. The largest absolute Gasteiger partial charge is 0.247 e. The molecule has 1 rings (SSSR count). The minimum atomic E-state index is -3.14. The highest BCUT2D eigenvalue weighted by molar-refractivity contribution is 7.90. The maximum absolute atomic E-state index is 11.8. The van der Waals surface area contributed by atoms with Gasteiger partial charge in [-0.05, 0) is 17.7 Å². The Bertz CT molecular complexity index is 418. The van der Waals surface area contributed by atoms with Crippen molar-refractivity contribution in [2.24, 2.45) is 0 Å². The Morgan fingerprint density at radius 2 is 1.86 bits per heavy atom. The topological polar surface area (TPSA) is 34.1 Å². The van der Waals surface area contributed by atoms with Gasteiger partial charge in [0.15, 0.2) is 9.84 Å². The molecular weight excluding hydrogens is 203 g/mol. The highest BCUT2D eigenvalue weighted by Gasteiger charge is 2.04. The second-order valence-corrected chi connectivity index (χ2v) is 4.91. The number of sulfone groups is 1. The normalized spacial score (nSPS) is 12.1. The van der Waals surface area contributed by atoms with Gasteiger partial charge in [-0.25, -0.2) is 12.8 Å². The monoisotopic (exact) mass is 214 g/mol. The summed E-state index contributed by atoms with van der Waals surface area (Å²) < 4.78 is 33.9. The summed E-state index contributed by atoms with van der Waals surface area (Å²) in [5.41, 5.74) is 0.787. The molecule has 0 atom stereocenters. The molecule has 0 aromatic heterocycles. The lowest BCUT2D eigenvalue weighted by Crippen LogP contribution is -1.95. The first-order valence-corrected chi connectivity index (χ1v) is 5.96. The van der Waals surface area contributed by atoms with Crippen molar-refractivity contribution >= 4 is 15.9 Å². The molecule has 0 aliphatic heterocycles. The van der Waals surface area contributed by atoms with E-state index in [9.17, 15) is 12.8 Å². The van der Waals surface area contributed by atoms with Crippen LogP contribution in [0.25, 0.3) is 6.08 Å². The SMILES string of the molecule is CS(=O)(=O)c1ccc(C=CCF)cc1. The van der Waals surface area contributed by atoms with Crippen molar-refractivity contribution in [1.82, 2.24) is 0 Å². The summed E-state index contributed by atoms with van der Waals surface area (Å²) in [6.45, 7) is -0.520. The molecule has 0 aliphatic rings. The van der Waals surface area contributed by atoms with Gasteiger partial charge in [0.25, 0.3) is 0 Å². The van der Waals surface area contributed by atoms with Crippen LogP contribution >= 0.6 is 0 Å². The molecular formula is C10H11FO2S. The number of halogens is 1. The van der Waals surface area contributed by atoms with Crippen molar-refractivity contribution in [2.75, 3.05) is 12.9 Å². The van der Waals surface area contributed by atoms with Gasteiger partial charge in [0.05, 0.1) is 4.90 Å². The fraction of sp³-hybridized carbons (Fsp3) is 0.200. The van der Waals surface area contributed by atoms with Crippen molar-refractivity contribution < 1.29 is 12.8 Å². The first-order valence-electron chi connectivity index (χ1n) is 4.06. The Balaban J connectivity index is 2.95. The summed E-state index contributed by atoms with van der Waals surface area (Å²) in [7, 11) is -3.14. The van der Waals surface area contributed by atoms with E-state index < -0.39 is 16.5 Å². The number of benzene rings is 1. The Morgan fingerprint density at radius 3 is 2.29 bits per heavy atom. The van der Waals surface area contributed by atoms with E-state index in [1.54, 1.807) is 18.2 Å². The van der Waals surface area contributed by atoms with Crippen LogP contribution in [0, 0.1) is 0 Å². The van der Waals surface area contributed by atoms with Crippen LogP contribution in [0.1, 0.15) is 5.56 Å². The van der Waals surface area contributed by atoms with Crippen LogP contribution in [-0.4, -0.2) is 21.3 Å². The van der Waals surface area contributed by atoms with Gasteiger partial charge in [-0.3, -0.25) is 0 Å². The van der Waals surface area contributed by atoms with E-state index in [-0.39, 0.29) is 4.90 Å². The second-order valence-electron chi connectivity index (χ2n) is 2.90. The van der Waals surface area contributed by atoms with E-state index >= 15 is 0 Å². The van der Waals surface area contributed by atoms with E-state index in [1.807, 2.05) is 0 Å². The molecule has 0 aliphatic carbocycles. The Hall–Kier alpha value is -1.16. The van der Waals surface area contributed by atoms with Crippen molar-refractivity contribution in [3.8, 4) is 0 Å². The predicted molar refractivity (Wildman–Crippen MR) is 54.6 cm³/mol. The number of hydrogen-bond acceptors (Lipinski definition) is 2. The molecule has 4 heteroatoms. The molecule has 1 aromatic carbocycles. The van der Waals surface area contributed by atoms with Crippen molar-refractivity contribution in [3.05, 3.63) is 35.9 Å². The lowest BCUT2D eigenvalue weighted by molar-refractivity contribution is 0.563. The van der Waals surface area contributed by atoms with Crippen LogP contribution in [0.2, 0.25) is 0 Å². The number of hydrogen-bond donors (Lipinski definition) is 0.